The predicted octanol–water partition coefficient (Wildman–Crippen LogP) is 3.51. The lowest BCUT2D eigenvalue weighted by molar-refractivity contribution is 0.401. The molecule has 1 aromatic rings. The highest BCUT2D eigenvalue weighted by Gasteiger charge is 2.41. The van der Waals surface area contributed by atoms with Crippen molar-refractivity contribution >= 4 is 47.6 Å². The van der Waals surface area contributed by atoms with Crippen molar-refractivity contribution in [2.24, 2.45) is 17.8 Å². The van der Waals surface area contributed by atoms with Crippen LogP contribution in [0.3, 0.4) is 0 Å². The van der Waals surface area contributed by atoms with Crippen LogP contribution in [0.15, 0.2) is 26.0 Å². The summed E-state index contributed by atoms with van der Waals surface area (Å²) in [6.45, 7) is 0.527. The van der Waals surface area contributed by atoms with Crippen LogP contribution in [-0.4, -0.2) is 15.0 Å². The minimum Gasteiger partial charge on any atom is -0.398 e. The largest absolute Gasteiger partial charge is 0.398 e. The van der Waals surface area contributed by atoms with Gasteiger partial charge in [0, 0.05) is 15.5 Å². The van der Waals surface area contributed by atoms with E-state index in [4.69, 9.17) is 5.73 Å². The molecule has 0 atom stereocenters. The molecule has 7 heteroatoms. The Labute approximate surface area is 142 Å². The molecule has 3 N–H and O–H groups in total. The molecular weight excluding hydrogens is 420 g/mol. The van der Waals surface area contributed by atoms with Crippen LogP contribution in [-0.2, 0) is 10.0 Å². The third kappa shape index (κ3) is 3.63. The molecule has 116 valence electrons. The number of nitrogen functional groups attached to an aromatic ring is 1. The molecular formula is C14H18Br2N2O2S. The van der Waals surface area contributed by atoms with Crippen molar-refractivity contribution in [3.8, 4) is 0 Å². The van der Waals surface area contributed by atoms with Crippen LogP contribution in [0, 0.1) is 17.8 Å². The van der Waals surface area contributed by atoms with E-state index >= 15 is 0 Å². The van der Waals surface area contributed by atoms with Gasteiger partial charge in [0.15, 0.2) is 0 Å². The standard InChI is InChI=1S/C14H18Br2N2O2S/c15-10-5-12(16)14(13(17)6-10)21(19,20)18-7-11(8-1-2-8)9-3-4-9/h5-6,8-9,11,18H,1-4,7,17H2. The Hall–Kier alpha value is -0.110. The maximum absolute atomic E-state index is 12.5. The van der Waals surface area contributed by atoms with Crippen molar-refractivity contribution in [3.63, 3.8) is 0 Å². The molecule has 0 spiro atoms. The number of halogens is 2. The molecule has 0 heterocycles. The highest BCUT2D eigenvalue weighted by Crippen LogP contribution is 2.49. The van der Waals surface area contributed by atoms with Gasteiger partial charge in [0.2, 0.25) is 10.0 Å². The van der Waals surface area contributed by atoms with E-state index in [2.05, 4.69) is 36.6 Å². The highest BCUT2D eigenvalue weighted by molar-refractivity contribution is 9.11. The molecule has 0 unspecified atom stereocenters. The lowest BCUT2D eigenvalue weighted by atomic mass is 9.99. The van der Waals surface area contributed by atoms with E-state index in [1.54, 1.807) is 12.1 Å². The molecule has 0 bridgehead atoms. The first-order chi connectivity index (χ1) is 9.88. The number of hydrogen-bond acceptors (Lipinski definition) is 3. The number of rotatable bonds is 6. The Kier molecular flexibility index (Phi) is 4.38. The van der Waals surface area contributed by atoms with Crippen molar-refractivity contribution < 1.29 is 8.42 Å². The zero-order valence-corrected chi connectivity index (χ0v) is 15.5. The van der Waals surface area contributed by atoms with Gasteiger partial charge in [-0.3, -0.25) is 0 Å². The summed E-state index contributed by atoms with van der Waals surface area (Å²) in [6.07, 6.45) is 4.97. The maximum atomic E-state index is 12.5. The van der Waals surface area contributed by atoms with E-state index in [9.17, 15) is 8.42 Å². The average molecular weight is 438 g/mol. The topological polar surface area (TPSA) is 72.2 Å². The van der Waals surface area contributed by atoms with E-state index < -0.39 is 10.0 Å². The summed E-state index contributed by atoms with van der Waals surface area (Å²) in [6, 6.07) is 3.31. The Morgan fingerprint density at radius 3 is 2.24 bits per heavy atom. The molecule has 0 aromatic heterocycles. The first-order valence-corrected chi connectivity index (χ1v) is 10.2. The summed E-state index contributed by atoms with van der Waals surface area (Å²) in [4.78, 5) is 0.135. The summed E-state index contributed by atoms with van der Waals surface area (Å²) < 4.78 is 29.1. The van der Waals surface area contributed by atoms with E-state index in [0.29, 0.717) is 28.8 Å². The molecule has 2 aliphatic rings. The van der Waals surface area contributed by atoms with E-state index in [1.807, 2.05) is 0 Å². The molecule has 2 saturated carbocycles. The van der Waals surface area contributed by atoms with Crippen LogP contribution < -0.4 is 10.5 Å². The van der Waals surface area contributed by atoms with E-state index in [1.165, 1.54) is 25.7 Å². The summed E-state index contributed by atoms with van der Waals surface area (Å²) in [5.74, 6) is 1.92. The minimum absolute atomic E-state index is 0.135. The van der Waals surface area contributed by atoms with Crippen LogP contribution in [0.2, 0.25) is 0 Å². The SMILES string of the molecule is Nc1cc(Br)cc(Br)c1S(=O)(=O)NCC(C1CC1)C1CC1. The Bertz CT molecular complexity index is 620. The molecule has 1 aromatic carbocycles. The van der Waals surface area contributed by atoms with Gasteiger partial charge in [0.05, 0.1) is 5.69 Å². The fraction of sp³-hybridized carbons (Fsp3) is 0.571. The van der Waals surface area contributed by atoms with Gasteiger partial charge >= 0.3 is 0 Å². The second kappa shape index (κ2) is 5.83. The van der Waals surface area contributed by atoms with Gasteiger partial charge in [-0.05, 0) is 71.5 Å². The van der Waals surface area contributed by atoms with Crippen molar-refractivity contribution in [2.75, 3.05) is 12.3 Å². The van der Waals surface area contributed by atoms with Crippen molar-refractivity contribution in [3.05, 3.63) is 21.1 Å². The zero-order valence-electron chi connectivity index (χ0n) is 11.5. The van der Waals surface area contributed by atoms with E-state index in [-0.39, 0.29) is 10.6 Å². The lowest BCUT2D eigenvalue weighted by Gasteiger charge is -2.17. The predicted molar refractivity (Wildman–Crippen MR) is 90.4 cm³/mol. The van der Waals surface area contributed by atoms with Crippen LogP contribution in [0.25, 0.3) is 0 Å². The van der Waals surface area contributed by atoms with Crippen molar-refractivity contribution in [1.82, 2.24) is 4.72 Å². The molecule has 21 heavy (non-hydrogen) atoms. The second-order valence-electron chi connectivity index (χ2n) is 6.00. The number of nitrogens with one attached hydrogen (secondary N) is 1. The first kappa shape index (κ1) is 15.8. The number of nitrogens with two attached hydrogens (primary N) is 1. The number of anilines is 1. The third-order valence-electron chi connectivity index (χ3n) is 4.27. The van der Waals surface area contributed by atoms with Gasteiger partial charge in [-0.15, -0.1) is 0 Å². The first-order valence-electron chi connectivity index (χ1n) is 7.12. The summed E-state index contributed by atoms with van der Waals surface area (Å²) in [7, 11) is -3.59. The second-order valence-corrected chi connectivity index (χ2v) is 9.47. The normalized spacial score (nSPS) is 19.2. The van der Waals surface area contributed by atoms with Gasteiger partial charge in [-0.25, -0.2) is 13.1 Å². The third-order valence-corrected chi connectivity index (χ3v) is 7.16. The van der Waals surface area contributed by atoms with Gasteiger partial charge in [-0.2, -0.15) is 0 Å². The Balaban J connectivity index is 1.77. The number of benzene rings is 1. The van der Waals surface area contributed by atoms with Crippen LogP contribution in [0.4, 0.5) is 5.69 Å². The van der Waals surface area contributed by atoms with Crippen LogP contribution in [0.5, 0.6) is 0 Å². The summed E-state index contributed by atoms with van der Waals surface area (Å²) >= 11 is 6.60. The molecule has 2 aliphatic carbocycles. The van der Waals surface area contributed by atoms with Gasteiger partial charge in [0.1, 0.15) is 4.90 Å². The van der Waals surface area contributed by atoms with Crippen LogP contribution >= 0.6 is 31.9 Å². The quantitative estimate of drug-likeness (QED) is 0.668. The fourth-order valence-electron chi connectivity index (χ4n) is 2.91. The molecule has 3 rings (SSSR count). The van der Waals surface area contributed by atoms with Gasteiger partial charge < -0.3 is 5.73 Å². The zero-order chi connectivity index (χ0) is 15.2. The van der Waals surface area contributed by atoms with E-state index in [0.717, 1.165) is 4.47 Å². The minimum atomic E-state index is -3.59. The number of hydrogen-bond donors (Lipinski definition) is 2. The van der Waals surface area contributed by atoms with Crippen molar-refractivity contribution in [2.45, 2.75) is 30.6 Å². The maximum Gasteiger partial charge on any atom is 0.243 e. The fourth-order valence-corrected chi connectivity index (χ4v) is 6.05. The Morgan fingerprint density at radius 2 is 1.76 bits per heavy atom. The summed E-state index contributed by atoms with van der Waals surface area (Å²) in [5.41, 5.74) is 6.13. The molecule has 0 amide bonds. The molecule has 0 aliphatic heterocycles. The van der Waals surface area contributed by atoms with Gasteiger partial charge in [-0.1, -0.05) is 15.9 Å². The molecule has 4 nitrogen and oxygen atoms in total. The molecule has 0 radical (unpaired) electrons. The Morgan fingerprint density at radius 1 is 1.19 bits per heavy atom. The van der Waals surface area contributed by atoms with Crippen LogP contribution in [0.1, 0.15) is 25.7 Å². The van der Waals surface area contributed by atoms with Crippen molar-refractivity contribution in [1.29, 1.82) is 0 Å². The molecule has 0 saturated heterocycles. The highest BCUT2D eigenvalue weighted by atomic mass is 79.9. The lowest BCUT2D eigenvalue weighted by Crippen LogP contribution is -2.32. The smallest absolute Gasteiger partial charge is 0.243 e. The monoisotopic (exact) mass is 436 g/mol. The molecule has 2 fully saturated rings. The summed E-state index contributed by atoms with van der Waals surface area (Å²) in [5, 5.41) is 0. The average Bonchev–Trinajstić information content (AvgIpc) is 3.22. The van der Waals surface area contributed by atoms with Gasteiger partial charge in [0.25, 0.3) is 0 Å². The number of sulfonamides is 1.